The van der Waals surface area contributed by atoms with Crippen molar-refractivity contribution in [1.82, 2.24) is 5.48 Å². The van der Waals surface area contributed by atoms with E-state index >= 15 is 0 Å². The van der Waals surface area contributed by atoms with Crippen LogP contribution in [-0.4, -0.2) is 29.7 Å². The number of hydrogen-bond acceptors (Lipinski definition) is 5. The standard InChI is InChI=1S/C19H17NO6/c21-17(9-10-18(22)23)20-26-19(24)25-11-16-14-7-3-1-5-12(14)13-6-2-4-8-15(13)16/h1-8,16H,9-11H2,(H,20,21)(H,22,23). The molecule has 0 heterocycles. The maximum atomic E-state index is 11.7. The number of hydrogen-bond donors (Lipinski definition) is 2. The Balaban J connectivity index is 1.57. The number of amides is 1. The molecule has 1 amide bonds. The molecule has 2 aromatic rings. The number of benzene rings is 2. The fourth-order valence-corrected chi connectivity index (χ4v) is 2.99. The number of nitrogens with one attached hydrogen (secondary N) is 1. The molecule has 134 valence electrons. The van der Waals surface area contributed by atoms with Crippen molar-refractivity contribution in [2.24, 2.45) is 0 Å². The molecule has 2 aromatic carbocycles. The monoisotopic (exact) mass is 355 g/mol. The lowest BCUT2D eigenvalue weighted by Gasteiger charge is -2.13. The molecule has 1 aliphatic carbocycles. The number of carboxylic acid groups (broad SMARTS) is 1. The number of hydroxylamine groups is 1. The summed E-state index contributed by atoms with van der Waals surface area (Å²) in [4.78, 5) is 37.9. The summed E-state index contributed by atoms with van der Waals surface area (Å²) >= 11 is 0. The van der Waals surface area contributed by atoms with Crippen LogP contribution in [0.4, 0.5) is 4.79 Å². The fourth-order valence-electron chi connectivity index (χ4n) is 2.99. The lowest BCUT2D eigenvalue weighted by Crippen LogP contribution is -2.28. The Hall–Kier alpha value is -3.35. The van der Waals surface area contributed by atoms with Crippen molar-refractivity contribution < 1.29 is 29.1 Å². The highest BCUT2D eigenvalue weighted by Gasteiger charge is 2.29. The normalized spacial score (nSPS) is 12.0. The molecule has 0 aromatic heterocycles. The van der Waals surface area contributed by atoms with Gasteiger partial charge in [0.2, 0.25) is 0 Å². The first-order valence-electron chi connectivity index (χ1n) is 8.08. The maximum Gasteiger partial charge on any atom is 0.533 e. The minimum atomic E-state index is -1.11. The molecule has 26 heavy (non-hydrogen) atoms. The average molecular weight is 355 g/mol. The van der Waals surface area contributed by atoms with Gasteiger partial charge in [-0.2, -0.15) is 5.48 Å². The van der Waals surface area contributed by atoms with E-state index in [1.165, 1.54) is 0 Å². The third-order valence-corrected chi connectivity index (χ3v) is 4.14. The molecule has 0 radical (unpaired) electrons. The minimum Gasteiger partial charge on any atom is -0.481 e. The predicted octanol–water partition coefficient (Wildman–Crippen LogP) is 2.85. The number of ether oxygens (including phenoxy) is 1. The lowest BCUT2D eigenvalue weighted by atomic mass is 9.98. The number of rotatable bonds is 5. The maximum absolute atomic E-state index is 11.7. The summed E-state index contributed by atoms with van der Waals surface area (Å²) in [5, 5.41) is 8.49. The molecular formula is C19H17NO6. The lowest BCUT2D eigenvalue weighted by molar-refractivity contribution is -0.140. The van der Waals surface area contributed by atoms with Gasteiger partial charge in [0.05, 0.1) is 6.42 Å². The summed E-state index contributed by atoms with van der Waals surface area (Å²) in [6.45, 7) is 0.0673. The molecule has 0 saturated carbocycles. The van der Waals surface area contributed by atoms with E-state index in [2.05, 4.69) is 4.84 Å². The summed E-state index contributed by atoms with van der Waals surface area (Å²) in [5.41, 5.74) is 6.21. The first kappa shape index (κ1) is 17.5. The molecule has 7 nitrogen and oxygen atoms in total. The highest BCUT2D eigenvalue weighted by atomic mass is 16.8. The summed E-state index contributed by atoms with van der Waals surface area (Å²) in [6, 6.07) is 15.8. The van der Waals surface area contributed by atoms with Crippen LogP contribution in [0, 0.1) is 0 Å². The van der Waals surface area contributed by atoms with Crippen LogP contribution in [-0.2, 0) is 19.2 Å². The second kappa shape index (κ2) is 7.69. The highest BCUT2D eigenvalue weighted by Crippen LogP contribution is 2.44. The van der Waals surface area contributed by atoms with Crippen LogP contribution < -0.4 is 5.48 Å². The molecule has 7 heteroatoms. The third kappa shape index (κ3) is 3.83. The van der Waals surface area contributed by atoms with Gasteiger partial charge < -0.3 is 14.7 Å². The molecule has 2 N–H and O–H groups in total. The summed E-state index contributed by atoms with van der Waals surface area (Å²) < 4.78 is 5.12. The van der Waals surface area contributed by atoms with Gasteiger partial charge in [-0.25, -0.2) is 4.79 Å². The van der Waals surface area contributed by atoms with Crippen LogP contribution in [0.1, 0.15) is 29.9 Å². The van der Waals surface area contributed by atoms with Crippen molar-refractivity contribution in [2.75, 3.05) is 6.61 Å². The van der Waals surface area contributed by atoms with Crippen molar-refractivity contribution >= 4 is 18.0 Å². The van der Waals surface area contributed by atoms with Crippen molar-refractivity contribution in [2.45, 2.75) is 18.8 Å². The number of fused-ring (bicyclic) bond motifs is 3. The first-order chi connectivity index (χ1) is 12.6. The number of carbonyl (C=O) groups is 3. The number of carbonyl (C=O) groups excluding carboxylic acids is 2. The summed E-state index contributed by atoms with van der Waals surface area (Å²) in [5.74, 6) is -1.93. The largest absolute Gasteiger partial charge is 0.533 e. The second-order valence-electron chi connectivity index (χ2n) is 5.81. The Bertz CT molecular complexity index is 802. The molecular weight excluding hydrogens is 338 g/mol. The Morgan fingerprint density at radius 2 is 1.50 bits per heavy atom. The van der Waals surface area contributed by atoms with Crippen molar-refractivity contribution in [3.63, 3.8) is 0 Å². The van der Waals surface area contributed by atoms with E-state index in [1.54, 1.807) is 0 Å². The zero-order valence-corrected chi connectivity index (χ0v) is 13.8. The molecule has 3 rings (SSSR count). The molecule has 0 unspecified atom stereocenters. The van der Waals surface area contributed by atoms with Crippen LogP contribution in [0.25, 0.3) is 11.1 Å². The molecule has 0 fully saturated rings. The van der Waals surface area contributed by atoms with E-state index in [4.69, 9.17) is 9.84 Å². The van der Waals surface area contributed by atoms with E-state index in [1.807, 2.05) is 54.0 Å². The van der Waals surface area contributed by atoms with Crippen molar-refractivity contribution in [3.8, 4) is 11.1 Å². The van der Waals surface area contributed by atoms with Crippen molar-refractivity contribution in [3.05, 3.63) is 59.7 Å². The van der Waals surface area contributed by atoms with E-state index in [9.17, 15) is 14.4 Å². The zero-order chi connectivity index (χ0) is 18.5. The predicted molar refractivity (Wildman–Crippen MR) is 91.2 cm³/mol. The second-order valence-corrected chi connectivity index (χ2v) is 5.81. The Morgan fingerprint density at radius 3 is 2.08 bits per heavy atom. The van der Waals surface area contributed by atoms with Crippen molar-refractivity contribution in [1.29, 1.82) is 0 Å². The number of carboxylic acids is 1. The Labute approximate surface area is 149 Å². The summed E-state index contributed by atoms with van der Waals surface area (Å²) in [6.07, 6.45) is -1.68. The molecule has 0 atom stereocenters. The number of aliphatic carboxylic acids is 1. The third-order valence-electron chi connectivity index (χ3n) is 4.14. The van der Waals surface area contributed by atoms with E-state index < -0.39 is 18.0 Å². The molecule has 0 aliphatic heterocycles. The topological polar surface area (TPSA) is 102 Å². The van der Waals surface area contributed by atoms with Gasteiger partial charge in [-0.05, 0) is 22.3 Å². The van der Waals surface area contributed by atoms with Crippen LogP contribution >= 0.6 is 0 Å². The van der Waals surface area contributed by atoms with E-state index in [-0.39, 0.29) is 25.4 Å². The SMILES string of the molecule is O=C(O)CCC(=O)NOC(=O)OCC1c2ccccc2-c2ccccc21. The quantitative estimate of drug-likeness (QED) is 0.632. The van der Waals surface area contributed by atoms with E-state index in [0.717, 1.165) is 22.3 Å². The summed E-state index contributed by atoms with van der Waals surface area (Å²) in [7, 11) is 0. The van der Waals surface area contributed by atoms with Gasteiger partial charge in [0.25, 0.3) is 5.91 Å². The van der Waals surface area contributed by atoms with Crippen LogP contribution in [0.15, 0.2) is 48.5 Å². The van der Waals surface area contributed by atoms with Gasteiger partial charge in [-0.3, -0.25) is 9.59 Å². The molecule has 0 saturated heterocycles. The van der Waals surface area contributed by atoms with E-state index in [0.29, 0.717) is 0 Å². The van der Waals surface area contributed by atoms with Crippen LogP contribution in [0.5, 0.6) is 0 Å². The highest BCUT2D eigenvalue weighted by molar-refractivity contribution is 5.81. The van der Waals surface area contributed by atoms with Gasteiger partial charge in [0, 0.05) is 12.3 Å². The fraction of sp³-hybridized carbons (Fsp3) is 0.211. The van der Waals surface area contributed by atoms with Gasteiger partial charge in [-0.1, -0.05) is 48.5 Å². The van der Waals surface area contributed by atoms with Gasteiger partial charge >= 0.3 is 12.1 Å². The zero-order valence-electron chi connectivity index (χ0n) is 13.8. The van der Waals surface area contributed by atoms with Crippen LogP contribution in [0.2, 0.25) is 0 Å². The smallest absolute Gasteiger partial charge is 0.481 e. The Kier molecular flexibility index (Phi) is 5.17. The average Bonchev–Trinajstić information content (AvgIpc) is 2.97. The van der Waals surface area contributed by atoms with Gasteiger partial charge in [0.1, 0.15) is 6.61 Å². The molecule has 1 aliphatic rings. The van der Waals surface area contributed by atoms with Gasteiger partial charge in [-0.15, -0.1) is 0 Å². The van der Waals surface area contributed by atoms with Crippen LogP contribution in [0.3, 0.4) is 0 Å². The molecule has 0 spiro atoms. The Morgan fingerprint density at radius 1 is 0.923 bits per heavy atom. The minimum absolute atomic E-state index is 0.0673. The molecule has 0 bridgehead atoms. The van der Waals surface area contributed by atoms with Gasteiger partial charge in [0.15, 0.2) is 0 Å². The first-order valence-corrected chi connectivity index (χ1v) is 8.08.